The molecule has 4 rings (SSSR count). The van der Waals surface area contributed by atoms with Crippen molar-refractivity contribution in [3.8, 4) is 11.4 Å². The number of rotatable bonds is 4. The summed E-state index contributed by atoms with van der Waals surface area (Å²) in [5, 5.41) is 11.4. The van der Waals surface area contributed by atoms with Gasteiger partial charge < -0.3 is 9.80 Å². The Morgan fingerprint density at radius 3 is 1.90 bits per heavy atom. The smallest absolute Gasteiger partial charge is 0.347 e. The van der Waals surface area contributed by atoms with Crippen molar-refractivity contribution in [2.45, 2.75) is 0 Å². The Labute approximate surface area is 121 Å². The molecule has 106 valence electrons. The second-order valence-electron chi connectivity index (χ2n) is 5.14. The third-order valence-corrected chi connectivity index (χ3v) is 3.56. The van der Waals surface area contributed by atoms with Crippen LogP contribution in [-0.2, 0) is 0 Å². The van der Waals surface area contributed by atoms with E-state index in [1.807, 2.05) is 40.1 Å². The van der Waals surface area contributed by atoms with Crippen molar-refractivity contribution in [1.82, 2.24) is 9.97 Å². The number of aromatic nitrogens is 2. The van der Waals surface area contributed by atoms with E-state index >= 15 is 0 Å². The Balaban J connectivity index is 1.91. The lowest BCUT2D eigenvalue weighted by Gasteiger charge is -2.11. The summed E-state index contributed by atoms with van der Waals surface area (Å²) < 4.78 is 0. The minimum atomic E-state index is -0.365. The maximum Gasteiger partial charge on any atom is 0.353 e. The van der Waals surface area contributed by atoms with Gasteiger partial charge in [0.1, 0.15) is 0 Å². The van der Waals surface area contributed by atoms with E-state index in [9.17, 15) is 10.1 Å². The Morgan fingerprint density at radius 1 is 0.952 bits per heavy atom. The minimum absolute atomic E-state index is 0.0321. The zero-order valence-corrected chi connectivity index (χ0v) is 11.3. The monoisotopic (exact) mass is 283 g/mol. The lowest BCUT2D eigenvalue weighted by Crippen LogP contribution is -2.09. The highest BCUT2D eigenvalue weighted by Gasteiger charge is 2.37. The van der Waals surface area contributed by atoms with Gasteiger partial charge in [0.25, 0.3) is 0 Å². The number of benzene rings is 1. The first kappa shape index (κ1) is 12.1. The van der Waals surface area contributed by atoms with Gasteiger partial charge >= 0.3 is 5.69 Å². The molecule has 0 saturated carbocycles. The molecule has 0 spiro atoms. The van der Waals surface area contributed by atoms with Gasteiger partial charge in [0.15, 0.2) is 5.82 Å². The van der Waals surface area contributed by atoms with Crippen molar-refractivity contribution in [1.29, 1.82) is 0 Å². The maximum absolute atomic E-state index is 11.4. The molecule has 2 fully saturated rings. The van der Waals surface area contributed by atoms with E-state index in [0.717, 1.165) is 31.7 Å². The number of nitrogens with zero attached hydrogens (tertiary/aromatic N) is 5. The van der Waals surface area contributed by atoms with Crippen molar-refractivity contribution < 1.29 is 4.92 Å². The molecule has 1 aromatic heterocycles. The van der Waals surface area contributed by atoms with Crippen LogP contribution in [0.2, 0.25) is 0 Å². The van der Waals surface area contributed by atoms with Crippen LogP contribution in [-0.4, -0.2) is 41.1 Å². The van der Waals surface area contributed by atoms with Crippen LogP contribution in [0.3, 0.4) is 0 Å². The lowest BCUT2D eigenvalue weighted by molar-refractivity contribution is -0.383. The molecule has 21 heavy (non-hydrogen) atoms. The highest BCUT2D eigenvalue weighted by molar-refractivity contribution is 5.77. The van der Waals surface area contributed by atoms with Crippen molar-refractivity contribution in [2.24, 2.45) is 0 Å². The molecule has 0 atom stereocenters. The Hall–Kier alpha value is -2.70. The number of nitro groups is 1. The van der Waals surface area contributed by atoms with Gasteiger partial charge in [0, 0.05) is 31.7 Å². The van der Waals surface area contributed by atoms with Crippen molar-refractivity contribution >= 4 is 17.3 Å². The number of anilines is 2. The molecular weight excluding hydrogens is 270 g/mol. The van der Waals surface area contributed by atoms with Crippen molar-refractivity contribution in [3.05, 3.63) is 40.4 Å². The molecule has 7 heteroatoms. The quantitative estimate of drug-likeness (QED) is 0.483. The molecule has 0 radical (unpaired) electrons. The van der Waals surface area contributed by atoms with E-state index in [-0.39, 0.29) is 10.6 Å². The topological polar surface area (TPSA) is 74.9 Å². The SMILES string of the molecule is O=[N+]([O-])c1c(N2CC2)nc(-c2ccccc2)nc1N1CC1. The summed E-state index contributed by atoms with van der Waals surface area (Å²) in [4.78, 5) is 23.8. The van der Waals surface area contributed by atoms with E-state index in [2.05, 4.69) is 9.97 Å². The minimum Gasteiger partial charge on any atom is -0.347 e. The van der Waals surface area contributed by atoms with E-state index in [1.165, 1.54) is 0 Å². The zero-order chi connectivity index (χ0) is 14.4. The average Bonchev–Trinajstić information content (AvgIpc) is 3.40. The van der Waals surface area contributed by atoms with Crippen molar-refractivity contribution in [2.75, 3.05) is 36.0 Å². The summed E-state index contributed by atoms with van der Waals surface area (Å²) >= 11 is 0. The molecule has 2 saturated heterocycles. The van der Waals surface area contributed by atoms with Gasteiger partial charge in [-0.25, -0.2) is 9.97 Å². The van der Waals surface area contributed by atoms with Crippen LogP contribution >= 0.6 is 0 Å². The predicted molar refractivity (Wildman–Crippen MR) is 78.5 cm³/mol. The van der Waals surface area contributed by atoms with Crippen LogP contribution in [0, 0.1) is 10.1 Å². The summed E-state index contributed by atoms with van der Waals surface area (Å²) in [7, 11) is 0. The summed E-state index contributed by atoms with van der Waals surface area (Å²) in [5.74, 6) is 1.43. The molecule has 0 aliphatic carbocycles. The summed E-state index contributed by atoms with van der Waals surface area (Å²) in [5.41, 5.74) is 0.906. The molecule has 0 unspecified atom stereocenters. The first-order valence-electron chi connectivity index (χ1n) is 6.86. The van der Waals surface area contributed by atoms with Gasteiger partial charge in [0.2, 0.25) is 11.6 Å². The Kier molecular flexibility index (Phi) is 2.53. The average molecular weight is 283 g/mol. The predicted octanol–water partition coefficient (Wildman–Crippen LogP) is 1.69. The Morgan fingerprint density at radius 2 is 1.48 bits per heavy atom. The van der Waals surface area contributed by atoms with Crippen LogP contribution in [0.25, 0.3) is 11.4 Å². The highest BCUT2D eigenvalue weighted by Crippen LogP contribution is 2.40. The van der Waals surface area contributed by atoms with Crippen LogP contribution in [0.5, 0.6) is 0 Å². The number of hydrogen-bond acceptors (Lipinski definition) is 6. The molecule has 2 aliphatic heterocycles. The third kappa shape index (κ3) is 2.16. The first-order valence-corrected chi connectivity index (χ1v) is 6.86. The van der Waals surface area contributed by atoms with Crippen LogP contribution in [0.1, 0.15) is 0 Å². The Bertz CT molecular complexity index is 678. The fourth-order valence-corrected chi connectivity index (χ4v) is 2.28. The van der Waals surface area contributed by atoms with Gasteiger partial charge in [-0.3, -0.25) is 10.1 Å². The number of hydrogen-bond donors (Lipinski definition) is 0. The van der Waals surface area contributed by atoms with E-state index in [4.69, 9.17) is 0 Å². The summed E-state index contributed by atoms with van der Waals surface area (Å²) in [6.07, 6.45) is 0. The molecule has 1 aromatic carbocycles. The third-order valence-electron chi connectivity index (χ3n) is 3.56. The molecule has 2 aromatic rings. The van der Waals surface area contributed by atoms with E-state index in [1.54, 1.807) is 0 Å². The van der Waals surface area contributed by atoms with Gasteiger partial charge in [0.05, 0.1) is 4.92 Å². The molecule has 0 N–H and O–H groups in total. The fourth-order valence-electron chi connectivity index (χ4n) is 2.28. The summed E-state index contributed by atoms with van der Waals surface area (Å²) in [6.45, 7) is 3.24. The highest BCUT2D eigenvalue weighted by atomic mass is 16.6. The van der Waals surface area contributed by atoms with Crippen LogP contribution < -0.4 is 9.80 Å². The van der Waals surface area contributed by atoms with Gasteiger partial charge in [-0.05, 0) is 0 Å². The molecule has 2 aliphatic rings. The fraction of sp³-hybridized carbons (Fsp3) is 0.286. The molecule has 7 nitrogen and oxygen atoms in total. The largest absolute Gasteiger partial charge is 0.353 e. The standard InChI is InChI=1S/C14H13N5O2/c20-19(21)11-13(17-6-7-17)15-12(10-4-2-1-3-5-10)16-14(11)18-8-9-18/h1-5H,6-9H2. The maximum atomic E-state index is 11.4. The second kappa shape index (κ2) is 4.41. The zero-order valence-electron chi connectivity index (χ0n) is 11.3. The normalized spacial score (nSPS) is 16.0. The molecule has 0 amide bonds. The van der Waals surface area contributed by atoms with Gasteiger partial charge in [-0.15, -0.1) is 0 Å². The van der Waals surface area contributed by atoms with Gasteiger partial charge in [-0.2, -0.15) is 0 Å². The van der Waals surface area contributed by atoms with Crippen molar-refractivity contribution in [3.63, 3.8) is 0 Å². The first-order chi connectivity index (χ1) is 10.2. The molecule has 0 bridgehead atoms. The summed E-state index contributed by atoms with van der Waals surface area (Å²) in [6, 6.07) is 9.58. The molecule has 3 heterocycles. The lowest BCUT2D eigenvalue weighted by atomic mass is 10.2. The van der Waals surface area contributed by atoms with E-state index in [0.29, 0.717) is 17.5 Å². The van der Waals surface area contributed by atoms with Crippen LogP contribution in [0.15, 0.2) is 30.3 Å². The van der Waals surface area contributed by atoms with E-state index < -0.39 is 0 Å². The van der Waals surface area contributed by atoms with Gasteiger partial charge in [-0.1, -0.05) is 30.3 Å². The second-order valence-corrected chi connectivity index (χ2v) is 5.14. The van der Waals surface area contributed by atoms with Crippen LogP contribution in [0.4, 0.5) is 17.3 Å². The molecular formula is C14H13N5O2.